The van der Waals surface area contributed by atoms with E-state index in [1.807, 2.05) is 60.1 Å². The summed E-state index contributed by atoms with van der Waals surface area (Å²) in [6, 6.07) is 16.5. The molecule has 0 fully saturated rings. The van der Waals surface area contributed by atoms with Gasteiger partial charge in [-0.1, -0.05) is 23.2 Å². The monoisotopic (exact) mass is 600 g/mol. The summed E-state index contributed by atoms with van der Waals surface area (Å²) in [5, 5.41) is 4.75. The van der Waals surface area contributed by atoms with Gasteiger partial charge in [0.15, 0.2) is 0 Å². The SMILES string of the molecule is COCCNC(=O)c1ccnc(-n2ccc3cc(N(CC(=O)OC(C)(C)C)Sc4cc(Cl)cc(Cl)c4)ccc32)c1. The average Bonchev–Trinajstić information content (AvgIpc) is 3.30. The molecule has 4 rings (SSSR count). The van der Waals surface area contributed by atoms with Crippen LogP contribution in [0.4, 0.5) is 5.69 Å². The van der Waals surface area contributed by atoms with Gasteiger partial charge in [-0.2, -0.15) is 0 Å². The molecular formula is C29H30Cl2N4O4S. The summed E-state index contributed by atoms with van der Waals surface area (Å²) in [5.41, 5.74) is 1.56. The van der Waals surface area contributed by atoms with E-state index in [1.54, 1.807) is 43.6 Å². The first-order valence-corrected chi connectivity index (χ1v) is 14.0. The first kappa shape index (κ1) is 29.7. The number of halogens is 2. The van der Waals surface area contributed by atoms with Gasteiger partial charge in [0, 0.05) is 57.6 Å². The number of hydrogen-bond acceptors (Lipinski definition) is 7. The number of methoxy groups -OCH3 is 1. The van der Waals surface area contributed by atoms with Gasteiger partial charge in [-0.3, -0.25) is 9.59 Å². The molecule has 0 atom stereocenters. The van der Waals surface area contributed by atoms with E-state index in [1.165, 1.54) is 11.9 Å². The molecule has 0 aliphatic carbocycles. The number of hydrogen-bond donors (Lipinski definition) is 1. The summed E-state index contributed by atoms with van der Waals surface area (Å²) >= 11 is 13.8. The van der Waals surface area contributed by atoms with Crippen LogP contribution in [-0.2, 0) is 14.3 Å². The number of rotatable bonds is 10. The topological polar surface area (TPSA) is 85.7 Å². The predicted octanol–water partition coefficient (Wildman–Crippen LogP) is 6.56. The smallest absolute Gasteiger partial charge is 0.327 e. The molecule has 4 aromatic rings. The van der Waals surface area contributed by atoms with Crippen LogP contribution >= 0.6 is 35.1 Å². The molecule has 0 aliphatic heterocycles. The number of carbonyl (C=O) groups excluding carboxylic acids is 2. The van der Waals surface area contributed by atoms with Crippen LogP contribution in [0.3, 0.4) is 0 Å². The fraction of sp³-hybridized carbons (Fsp3) is 0.276. The van der Waals surface area contributed by atoms with Crippen molar-refractivity contribution >= 4 is 63.6 Å². The third kappa shape index (κ3) is 7.91. The van der Waals surface area contributed by atoms with Crippen LogP contribution in [0, 0.1) is 0 Å². The summed E-state index contributed by atoms with van der Waals surface area (Å²) in [5.74, 6) is 0.0432. The second-order valence-electron chi connectivity index (χ2n) is 9.90. The Hall–Kier alpha value is -3.24. The van der Waals surface area contributed by atoms with E-state index < -0.39 is 5.60 Å². The van der Waals surface area contributed by atoms with Crippen LogP contribution in [0.5, 0.6) is 0 Å². The summed E-state index contributed by atoms with van der Waals surface area (Å²) in [6.07, 6.45) is 3.50. The van der Waals surface area contributed by atoms with E-state index in [4.69, 9.17) is 32.7 Å². The second kappa shape index (κ2) is 13.0. The molecule has 0 saturated carbocycles. The Balaban J connectivity index is 1.64. The molecule has 1 N–H and O–H groups in total. The van der Waals surface area contributed by atoms with Gasteiger partial charge in [-0.25, -0.2) is 4.98 Å². The maximum Gasteiger partial charge on any atom is 0.327 e. The number of amides is 1. The number of anilines is 1. The Morgan fingerprint density at radius 1 is 1.05 bits per heavy atom. The highest BCUT2D eigenvalue weighted by Crippen LogP contribution is 2.34. The number of nitrogens with zero attached hydrogens (tertiary/aromatic N) is 3. The van der Waals surface area contributed by atoms with Crippen molar-refractivity contribution in [3.63, 3.8) is 0 Å². The standard InChI is InChI=1S/C29H30Cl2N4O4S/c1-29(2,3)39-27(36)18-35(40-24-16-21(30)15-22(31)17-24)23-5-6-25-19(13-23)8-11-34(25)26-14-20(7-9-32-26)28(37)33-10-12-38-4/h5-9,11,13-17H,10,12,18H2,1-4H3,(H,33,37). The lowest BCUT2D eigenvalue weighted by molar-refractivity contribution is -0.152. The molecule has 210 valence electrons. The molecule has 0 radical (unpaired) electrons. The molecule has 2 heterocycles. The van der Waals surface area contributed by atoms with Crippen LogP contribution in [0.25, 0.3) is 16.7 Å². The quantitative estimate of drug-likeness (QED) is 0.125. The highest BCUT2D eigenvalue weighted by atomic mass is 35.5. The highest BCUT2D eigenvalue weighted by Gasteiger charge is 2.21. The van der Waals surface area contributed by atoms with Gasteiger partial charge in [-0.15, -0.1) is 0 Å². The summed E-state index contributed by atoms with van der Waals surface area (Å²) in [7, 11) is 1.58. The van der Waals surface area contributed by atoms with Gasteiger partial charge in [0.25, 0.3) is 5.91 Å². The van der Waals surface area contributed by atoms with E-state index in [9.17, 15) is 9.59 Å². The molecule has 0 bridgehead atoms. The van der Waals surface area contributed by atoms with E-state index >= 15 is 0 Å². The number of aromatic nitrogens is 2. The fourth-order valence-electron chi connectivity index (χ4n) is 3.92. The van der Waals surface area contributed by atoms with Gasteiger partial charge in [0.1, 0.15) is 18.0 Å². The Bertz CT molecular complexity index is 1500. The van der Waals surface area contributed by atoms with Crippen molar-refractivity contribution in [1.82, 2.24) is 14.9 Å². The minimum absolute atomic E-state index is 0.0000674. The number of fused-ring (bicyclic) bond motifs is 1. The lowest BCUT2D eigenvalue weighted by atomic mass is 10.2. The van der Waals surface area contributed by atoms with Crippen LogP contribution in [0.2, 0.25) is 10.0 Å². The Morgan fingerprint density at radius 3 is 2.50 bits per heavy atom. The Kier molecular flexibility index (Phi) is 9.63. The Labute approximate surface area is 247 Å². The normalized spacial score (nSPS) is 11.4. The maximum atomic E-state index is 12.8. The molecule has 0 aliphatic rings. The van der Waals surface area contributed by atoms with Crippen LogP contribution in [0.15, 0.2) is 71.9 Å². The molecule has 0 saturated heterocycles. The fourth-order valence-corrected chi connectivity index (χ4v) is 5.58. The maximum absolute atomic E-state index is 12.8. The van der Waals surface area contributed by atoms with Gasteiger partial charge in [-0.05, 0) is 87.3 Å². The van der Waals surface area contributed by atoms with Crippen LogP contribution in [-0.4, -0.2) is 53.8 Å². The zero-order valence-corrected chi connectivity index (χ0v) is 24.9. The molecule has 1 amide bonds. The van der Waals surface area contributed by atoms with Crippen molar-refractivity contribution in [3.8, 4) is 5.82 Å². The number of benzene rings is 2. The van der Waals surface area contributed by atoms with E-state index in [0.29, 0.717) is 34.6 Å². The molecule has 0 spiro atoms. The van der Waals surface area contributed by atoms with Crippen molar-refractivity contribution < 1.29 is 19.1 Å². The predicted molar refractivity (Wildman–Crippen MR) is 161 cm³/mol. The summed E-state index contributed by atoms with van der Waals surface area (Å²) < 4.78 is 14.3. The van der Waals surface area contributed by atoms with Gasteiger partial charge >= 0.3 is 5.97 Å². The molecule has 0 unspecified atom stereocenters. The second-order valence-corrected chi connectivity index (χ2v) is 11.9. The van der Waals surface area contributed by atoms with E-state index in [0.717, 1.165) is 21.5 Å². The lowest BCUT2D eigenvalue weighted by Gasteiger charge is -2.26. The first-order valence-electron chi connectivity index (χ1n) is 12.5. The van der Waals surface area contributed by atoms with Crippen molar-refractivity contribution in [3.05, 3.63) is 82.6 Å². The number of pyridine rings is 1. The summed E-state index contributed by atoms with van der Waals surface area (Å²) in [6.45, 7) is 6.35. The minimum Gasteiger partial charge on any atom is -0.459 e. The summed E-state index contributed by atoms with van der Waals surface area (Å²) in [4.78, 5) is 30.6. The molecule has 2 aromatic carbocycles. The molecule has 11 heteroatoms. The van der Waals surface area contributed by atoms with Crippen molar-refractivity contribution in [2.24, 2.45) is 0 Å². The average molecular weight is 602 g/mol. The zero-order valence-electron chi connectivity index (χ0n) is 22.6. The molecule has 8 nitrogen and oxygen atoms in total. The number of esters is 1. The van der Waals surface area contributed by atoms with Gasteiger partial charge in [0.05, 0.1) is 12.1 Å². The van der Waals surface area contributed by atoms with Crippen molar-refractivity contribution in [2.45, 2.75) is 31.3 Å². The largest absolute Gasteiger partial charge is 0.459 e. The van der Waals surface area contributed by atoms with Gasteiger partial charge < -0.3 is 23.7 Å². The molecular weight excluding hydrogens is 571 g/mol. The minimum atomic E-state index is -0.615. The van der Waals surface area contributed by atoms with Crippen molar-refractivity contribution in [2.75, 3.05) is 31.1 Å². The molecule has 40 heavy (non-hydrogen) atoms. The lowest BCUT2D eigenvalue weighted by Crippen LogP contribution is -2.31. The van der Waals surface area contributed by atoms with Crippen molar-refractivity contribution in [1.29, 1.82) is 0 Å². The number of ether oxygens (including phenoxy) is 2. The van der Waals surface area contributed by atoms with E-state index in [-0.39, 0.29) is 18.4 Å². The first-order chi connectivity index (χ1) is 19.0. The zero-order chi connectivity index (χ0) is 28.9. The Morgan fingerprint density at radius 2 is 1.80 bits per heavy atom. The van der Waals surface area contributed by atoms with E-state index in [2.05, 4.69) is 10.3 Å². The third-order valence-corrected chi connectivity index (χ3v) is 7.00. The van der Waals surface area contributed by atoms with Crippen LogP contribution in [0.1, 0.15) is 31.1 Å². The highest BCUT2D eigenvalue weighted by molar-refractivity contribution is 8.00. The third-order valence-electron chi connectivity index (χ3n) is 5.55. The van der Waals surface area contributed by atoms with Gasteiger partial charge in [0.2, 0.25) is 0 Å². The van der Waals surface area contributed by atoms with Crippen LogP contribution < -0.4 is 9.62 Å². The number of carbonyl (C=O) groups is 2. The molecule has 2 aromatic heterocycles. The number of nitrogens with one attached hydrogen (secondary N) is 1.